The van der Waals surface area contributed by atoms with Crippen molar-refractivity contribution < 1.29 is 9.47 Å². The minimum absolute atomic E-state index is 0.308. The number of hydrogen-bond acceptors (Lipinski definition) is 4. The second-order valence-corrected chi connectivity index (χ2v) is 7.86. The molecule has 25 heavy (non-hydrogen) atoms. The first-order valence-electron chi connectivity index (χ1n) is 9.40. The first kappa shape index (κ1) is 16.8. The molecule has 2 bridgehead atoms. The van der Waals surface area contributed by atoms with E-state index in [1.54, 1.807) is 12.7 Å². The normalized spacial score (nSPS) is 30.1. The third kappa shape index (κ3) is 3.13. The second-order valence-electron chi connectivity index (χ2n) is 7.86. The maximum Gasteiger partial charge on any atom is 0.0713 e. The van der Waals surface area contributed by atoms with Crippen LogP contribution >= 0.6 is 0 Å². The fourth-order valence-corrected chi connectivity index (χ4v) is 4.81. The Kier molecular flexibility index (Phi) is 4.65. The smallest absolute Gasteiger partial charge is 0.0713 e. The molecule has 4 nitrogen and oxygen atoms in total. The Hall–Kier alpha value is -1.65. The first-order valence-corrected chi connectivity index (χ1v) is 9.40. The summed E-state index contributed by atoms with van der Waals surface area (Å²) in [7, 11) is 1.73. The van der Waals surface area contributed by atoms with E-state index in [9.17, 15) is 0 Å². The predicted octanol–water partition coefficient (Wildman–Crippen LogP) is 3.83. The van der Waals surface area contributed by atoms with Gasteiger partial charge in [0.05, 0.1) is 25.0 Å². The molecule has 1 aliphatic heterocycles. The molecule has 1 N–H and O–H groups in total. The number of allylic oxidation sites excluding steroid dienone is 1. The van der Waals surface area contributed by atoms with Crippen LogP contribution in [0.25, 0.3) is 5.70 Å². The predicted molar refractivity (Wildman–Crippen MR) is 100.0 cm³/mol. The van der Waals surface area contributed by atoms with Crippen molar-refractivity contribution >= 4 is 11.9 Å². The van der Waals surface area contributed by atoms with Crippen molar-refractivity contribution in [3.8, 4) is 0 Å². The van der Waals surface area contributed by atoms with Crippen molar-refractivity contribution in [1.29, 1.82) is 0 Å². The molecule has 1 aromatic carbocycles. The summed E-state index contributed by atoms with van der Waals surface area (Å²) in [5, 5.41) is 4.47. The van der Waals surface area contributed by atoms with Gasteiger partial charge in [-0.25, -0.2) is 0 Å². The van der Waals surface area contributed by atoms with E-state index in [2.05, 4.69) is 54.9 Å². The van der Waals surface area contributed by atoms with Gasteiger partial charge in [-0.15, -0.1) is 0 Å². The molecule has 0 aromatic heterocycles. The fraction of sp³-hybridized carbons (Fsp3) is 0.571. The van der Waals surface area contributed by atoms with Gasteiger partial charge in [0, 0.05) is 19.2 Å². The van der Waals surface area contributed by atoms with Gasteiger partial charge in [-0.2, -0.15) is 5.10 Å². The average molecular weight is 340 g/mol. The zero-order valence-electron chi connectivity index (χ0n) is 15.4. The SMILES string of the molecule is COCc1ccc(C2=C3C(C=NN2)C2CC(COC(C)C)C3C2)cc1. The van der Waals surface area contributed by atoms with Crippen LogP contribution in [-0.4, -0.2) is 26.0 Å². The molecule has 0 saturated heterocycles. The van der Waals surface area contributed by atoms with Crippen LogP contribution in [0, 0.1) is 23.7 Å². The van der Waals surface area contributed by atoms with E-state index in [0.29, 0.717) is 30.5 Å². The summed E-state index contributed by atoms with van der Waals surface area (Å²) in [5.74, 6) is 2.51. The standard InChI is InChI=1S/C21H28N2O2/c1-13(2)25-12-17-8-16-9-18(17)20-19(16)10-22-23-21(20)15-6-4-14(5-7-15)11-24-3/h4-7,10,13,16-19,23H,8-9,11-12H2,1-3H3. The Bertz CT molecular complexity index is 678. The van der Waals surface area contributed by atoms with E-state index in [0.717, 1.165) is 12.5 Å². The van der Waals surface area contributed by atoms with E-state index in [1.165, 1.54) is 29.7 Å². The van der Waals surface area contributed by atoms with Gasteiger partial charge < -0.3 is 9.47 Å². The van der Waals surface area contributed by atoms with Crippen molar-refractivity contribution in [3.63, 3.8) is 0 Å². The van der Waals surface area contributed by atoms with Crippen LogP contribution in [0.15, 0.2) is 34.9 Å². The van der Waals surface area contributed by atoms with Gasteiger partial charge in [-0.05, 0) is 61.1 Å². The van der Waals surface area contributed by atoms with Gasteiger partial charge in [0.2, 0.25) is 0 Å². The highest BCUT2D eigenvalue weighted by molar-refractivity contribution is 5.80. The largest absolute Gasteiger partial charge is 0.380 e. The Labute approximate surface area is 150 Å². The van der Waals surface area contributed by atoms with Crippen LogP contribution in [0.2, 0.25) is 0 Å². The molecule has 3 aliphatic rings. The topological polar surface area (TPSA) is 42.8 Å². The summed E-state index contributed by atoms with van der Waals surface area (Å²) in [4.78, 5) is 0. The molecule has 0 spiro atoms. The molecule has 1 heterocycles. The third-order valence-electron chi connectivity index (χ3n) is 5.90. The van der Waals surface area contributed by atoms with E-state index in [4.69, 9.17) is 9.47 Å². The van der Waals surface area contributed by atoms with Crippen molar-refractivity contribution in [3.05, 3.63) is 41.0 Å². The molecule has 0 amide bonds. The van der Waals surface area contributed by atoms with Crippen molar-refractivity contribution in [1.82, 2.24) is 5.43 Å². The summed E-state index contributed by atoms with van der Waals surface area (Å²) in [6.45, 7) is 5.78. The van der Waals surface area contributed by atoms with E-state index in [-0.39, 0.29) is 0 Å². The molecule has 4 rings (SSSR count). The number of ether oxygens (including phenoxy) is 2. The Morgan fingerprint density at radius 1 is 1.20 bits per heavy atom. The van der Waals surface area contributed by atoms with Crippen LogP contribution in [0.1, 0.15) is 37.8 Å². The lowest BCUT2D eigenvalue weighted by Crippen LogP contribution is -2.31. The molecule has 4 atom stereocenters. The van der Waals surface area contributed by atoms with Crippen LogP contribution < -0.4 is 5.43 Å². The Morgan fingerprint density at radius 2 is 2.00 bits per heavy atom. The lowest BCUT2D eigenvalue weighted by atomic mass is 9.76. The maximum atomic E-state index is 5.95. The van der Waals surface area contributed by atoms with Crippen molar-refractivity contribution in [2.45, 2.75) is 39.4 Å². The summed E-state index contributed by atoms with van der Waals surface area (Å²) in [6.07, 6.45) is 4.99. The average Bonchev–Trinajstić information content (AvgIpc) is 3.20. The lowest BCUT2D eigenvalue weighted by Gasteiger charge is -2.33. The van der Waals surface area contributed by atoms with E-state index in [1.807, 2.05) is 0 Å². The molecule has 2 saturated carbocycles. The fourth-order valence-electron chi connectivity index (χ4n) is 4.81. The maximum absolute atomic E-state index is 5.95. The van der Waals surface area contributed by atoms with Crippen LogP contribution in [0.4, 0.5) is 0 Å². The molecule has 2 fully saturated rings. The molecular formula is C21H28N2O2. The lowest BCUT2D eigenvalue weighted by molar-refractivity contribution is 0.0409. The number of benzene rings is 1. The molecular weight excluding hydrogens is 312 g/mol. The van der Waals surface area contributed by atoms with E-state index < -0.39 is 0 Å². The van der Waals surface area contributed by atoms with Gasteiger partial charge in [0.1, 0.15) is 0 Å². The number of methoxy groups -OCH3 is 1. The molecule has 134 valence electrons. The highest BCUT2D eigenvalue weighted by Crippen LogP contribution is 2.56. The van der Waals surface area contributed by atoms with Gasteiger partial charge in [0.25, 0.3) is 0 Å². The summed E-state index contributed by atoms with van der Waals surface area (Å²) in [5.41, 5.74) is 8.51. The zero-order valence-corrected chi connectivity index (χ0v) is 15.4. The van der Waals surface area contributed by atoms with Gasteiger partial charge in [0.15, 0.2) is 0 Å². The van der Waals surface area contributed by atoms with Crippen LogP contribution in [0.5, 0.6) is 0 Å². The molecule has 2 aliphatic carbocycles. The molecule has 1 aromatic rings. The summed E-state index contributed by atoms with van der Waals surface area (Å²) in [6, 6.07) is 8.67. The summed E-state index contributed by atoms with van der Waals surface area (Å²) >= 11 is 0. The van der Waals surface area contributed by atoms with Crippen molar-refractivity contribution in [2.75, 3.05) is 13.7 Å². The quantitative estimate of drug-likeness (QED) is 0.856. The minimum atomic E-state index is 0.308. The Morgan fingerprint density at radius 3 is 2.72 bits per heavy atom. The van der Waals surface area contributed by atoms with Crippen molar-refractivity contribution in [2.24, 2.45) is 28.8 Å². The number of hydrazone groups is 1. The number of hydrogen-bond donors (Lipinski definition) is 1. The Balaban J connectivity index is 1.61. The number of rotatable bonds is 6. The highest BCUT2D eigenvalue weighted by Gasteiger charge is 2.50. The van der Waals surface area contributed by atoms with Crippen LogP contribution in [-0.2, 0) is 16.1 Å². The van der Waals surface area contributed by atoms with Gasteiger partial charge in [-0.1, -0.05) is 24.3 Å². The van der Waals surface area contributed by atoms with Crippen LogP contribution in [0.3, 0.4) is 0 Å². The monoisotopic (exact) mass is 340 g/mol. The molecule has 4 unspecified atom stereocenters. The number of nitrogens with zero attached hydrogens (tertiary/aromatic N) is 1. The summed E-state index contributed by atoms with van der Waals surface area (Å²) < 4.78 is 11.2. The highest BCUT2D eigenvalue weighted by atomic mass is 16.5. The number of fused-ring (bicyclic) bond motifs is 5. The van der Waals surface area contributed by atoms with Gasteiger partial charge >= 0.3 is 0 Å². The molecule has 4 heteroatoms. The first-order chi connectivity index (χ1) is 12.2. The third-order valence-corrected chi connectivity index (χ3v) is 5.90. The number of nitrogens with one attached hydrogen (secondary N) is 1. The minimum Gasteiger partial charge on any atom is -0.380 e. The molecule has 0 radical (unpaired) electrons. The second kappa shape index (κ2) is 6.93. The van der Waals surface area contributed by atoms with Gasteiger partial charge in [-0.3, -0.25) is 5.43 Å². The van der Waals surface area contributed by atoms with E-state index >= 15 is 0 Å². The zero-order chi connectivity index (χ0) is 17.4.